The fourth-order valence-corrected chi connectivity index (χ4v) is 1.16. The lowest BCUT2D eigenvalue weighted by molar-refractivity contribution is 0.470. The van der Waals surface area contributed by atoms with Crippen molar-refractivity contribution in [2.75, 3.05) is 0 Å². The van der Waals surface area contributed by atoms with Gasteiger partial charge in [-0.2, -0.15) is 0 Å². The average Bonchev–Trinajstić information content (AvgIpc) is 2.34. The van der Waals surface area contributed by atoms with Crippen LogP contribution in [0.5, 0.6) is 5.75 Å². The SMILES string of the molecule is C=C/C(C)=C(\C=C)c1ncccc1O.CC. The van der Waals surface area contributed by atoms with Crippen molar-refractivity contribution in [3.05, 3.63) is 54.9 Å². The Kier molecular flexibility index (Phi) is 6.61. The minimum atomic E-state index is 0.156. The van der Waals surface area contributed by atoms with E-state index in [1.54, 1.807) is 30.5 Å². The first-order chi connectivity index (χ1) is 7.70. The smallest absolute Gasteiger partial charge is 0.141 e. The van der Waals surface area contributed by atoms with Crippen LogP contribution in [0.2, 0.25) is 0 Å². The fraction of sp³-hybridized carbons (Fsp3) is 0.214. The number of nitrogens with zero attached hydrogens (tertiary/aromatic N) is 1. The van der Waals surface area contributed by atoms with Gasteiger partial charge < -0.3 is 5.11 Å². The van der Waals surface area contributed by atoms with Crippen LogP contribution in [0.3, 0.4) is 0 Å². The van der Waals surface area contributed by atoms with E-state index < -0.39 is 0 Å². The van der Waals surface area contributed by atoms with Gasteiger partial charge in [0.15, 0.2) is 0 Å². The number of aromatic hydroxyl groups is 1. The number of hydrogen-bond donors (Lipinski definition) is 1. The molecule has 0 atom stereocenters. The molecule has 0 aromatic carbocycles. The van der Waals surface area contributed by atoms with E-state index in [9.17, 15) is 5.11 Å². The van der Waals surface area contributed by atoms with Crippen LogP contribution in [-0.2, 0) is 0 Å². The molecule has 0 amide bonds. The second kappa shape index (κ2) is 7.46. The van der Waals surface area contributed by atoms with E-state index in [1.165, 1.54) is 0 Å². The molecule has 1 N–H and O–H groups in total. The highest BCUT2D eigenvalue weighted by atomic mass is 16.3. The monoisotopic (exact) mass is 217 g/mol. The molecule has 86 valence electrons. The zero-order valence-electron chi connectivity index (χ0n) is 10.2. The molecule has 0 saturated carbocycles. The van der Waals surface area contributed by atoms with Crippen LogP contribution >= 0.6 is 0 Å². The summed E-state index contributed by atoms with van der Waals surface area (Å²) in [5.74, 6) is 0.156. The largest absolute Gasteiger partial charge is 0.506 e. The molecule has 2 nitrogen and oxygen atoms in total. The fourth-order valence-electron chi connectivity index (χ4n) is 1.16. The number of pyridine rings is 1. The van der Waals surface area contributed by atoms with Gasteiger partial charge in [0, 0.05) is 11.8 Å². The molecular weight excluding hydrogens is 198 g/mol. The molecule has 1 aromatic rings. The molecule has 0 saturated heterocycles. The van der Waals surface area contributed by atoms with E-state index >= 15 is 0 Å². The van der Waals surface area contributed by atoms with Gasteiger partial charge in [-0.1, -0.05) is 39.2 Å². The third kappa shape index (κ3) is 3.39. The number of aromatic nitrogens is 1. The molecule has 0 radical (unpaired) electrons. The maximum atomic E-state index is 9.58. The first-order valence-corrected chi connectivity index (χ1v) is 5.30. The quantitative estimate of drug-likeness (QED) is 0.777. The maximum absolute atomic E-state index is 9.58. The molecule has 0 bridgehead atoms. The van der Waals surface area contributed by atoms with Crippen LogP contribution < -0.4 is 0 Å². The maximum Gasteiger partial charge on any atom is 0.141 e. The van der Waals surface area contributed by atoms with Crippen molar-refractivity contribution in [1.82, 2.24) is 4.98 Å². The Morgan fingerprint density at radius 3 is 2.38 bits per heavy atom. The zero-order valence-corrected chi connectivity index (χ0v) is 10.2. The van der Waals surface area contributed by atoms with Gasteiger partial charge >= 0.3 is 0 Å². The summed E-state index contributed by atoms with van der Waals surface area (Å²) in [6.45, 7) is 13.3. The Labute approximate surface area is 97.7 Å². The van der Waals surface area contributed by atoms with Gasteiger partial charge in [-0.3, -0.25) is 4.98 Å². The number of hydrogen-bond acceptors (Lipinski definition) is 2. The Morgan fingerprint density at radius 1 is 1.31 bits per heavy atom. The van der Waals surface area contributed by atoms with Crippen LogP contribution in [0.1, 0.15) is 26.5 Å². The lowest BCUT2D eigenvalue weighted by atomic mass is 10.1. The second-order valence-corrected chi connectivity index (χ2v) is 2.88. The molecule has 0 unspecified atom stereocenters. The van der Waals surface area contributed by atoms with Gasteiger partial charge in [-0.05, 0) is 24.6 Å². The number of allylic oxidation sites excluding steroid dienone is 4. The predicted molar refractivity (Wildman–Crippen MR) is 70.2 cm³/mol. The van der Waals surface area contributed by atoms with Crippen molar-refractivity contribution < 1.29 is 5.11 Å². The van der Waals surface area contributed by atoms with Gasteiger partial charge in [0.25, 0.3) is 0 Å². The van der Waals surface area contributed by atoms with Gasteiger partial charge in [0.05, 0.1) is 0 Å². The Morgan fingerprint density at radius 2 is 1.94 bits per heavy atom. The molecule has 0 aliphatic rings. The van der Waals surface area contributed by atoms with Gasteiger partial charge in [-0.25, -0.2) is 0 Å². The molecule has 16 heavy (non-hydrogen) atoms. The molecule has 0 aliphatic carbocycles. The minimum Gasteiger partial charge on any atom is -0.506 e. The van der Waals surface area contributed by atoms with E-state index in [4.69, 9.17) is 0 Å². The molecule has 1 aromatic heterocycles. The molecule has 1 heterocycles. The average molecular weight is 217 g/mol. The topological polar surface area (TPSA) is 33.1 Å². The standard InChI is InChI=1S/C12H13NO.C2H6/c1-4-9(3)10(5-2)12-11(14)7-6-8-13-12;1-2/h4-8,14H,1-2H2,3H3;1-2H3/b10-9+;. The Bertz CT molecular complexity index is 391. The van der Waals surface area contributed by atoms with Crippen molar-refractivity contribution >= 4 is 5.57 Å². The van der Waals surface area contributed by atoms with E-state index in [0.717, 1.165) is 11.1 Å². The summed E-state index contributed by atoms with van der Waals surface area (Å²) in [7, 11) is 0. The van der Waals surface area contributed by atoms with Gasteiger partial charge in [-0.15, -0.1) is 0 Å². The first-order valence-electron chi connectivity index (χ1n) is 5.30. The lowest BCUT2D eigenvalue weighted by Crippen LogP contribution is -1.89. The predicted octanol–water partition coefficient (Wildman–Crippen LogP) is 3.96. The Hall–Kier alpha value is -1.83. The lowest BCUT2D eigenvalue weighted by Gasteiger charge is -2.05. The normalized spacial score (nSPS) is 10.7. The summed E-state index contributed by atoms with van der Waals surface area (Å²) in [5, 5.41) is 9.58. The molecule has 0 spiro atoms. The van der Waals surface area contributed by atoms with Crippen LogP contribution in [0.4, 0.5) is 0 Å². The Balaban J connectivity index is 0.00000106. The first kappa shape index (κ1) is 14.2. The van der Waals surface area contributed by atoms with Crippen LogP contribution in [0, 0.1) is 0 Å². The third-order valence-corrected chi connectivity index (χ3v) is 1.98. The van der Waals surface area contributed by atoms with Gasteiger partial charge in [0.2, 0.25) is 0 Å². The summed E-state index contributed by atoms with van der Waals surface area (Å²) < 4.78 is 0. The van der Waals surface area contributed by atoms with Crippen molar-refractivity contribution in [2.24, 2.45) is 0 Å². The second-order valence-electron chi connectivity index (χ2n) is 2.88. The summed E-state index contributed by atoms with van der Waals surface area (Å²) in [6.07, 6.45) is 5.01. The van der Waals surface area contributed by atoms with E-state index in [-0.39, 0.29) is 5.75 Å². The van der Waals surface area contributed by atoms with E-state index in [2.05, 4.69) is 18.1 Å². The molecule has 1 rings (SSSR count). The summed E-state index contributed by atoms with van der Waals surface area (Å²) in [4.78, 5) is 4.09. The van der Waals surface area contributed by atoms with Crippen molar-refractivity contribution in [3.8, 4) is 5.75 Å². The van der Waals surface area contributed by atoms with Gasteiger partial charge in [0.1, 0.15) is 11.4 Å². The highest BCUT2D eigenvalue weighted by molar-refractivity contribution is 5.78. The minimum absolute atomic E-state index is 0.156. The van der Waals surface area contributed by atoms with Crippen molar-refractivity contribution in [2.45, 2.75) is 20.8 Å². The van der Waals surface area contributed by atoms with Crippen LogP contribution in [0.15, 0.2) is 49.2 Å². The van der Waals surface area contributed by atoms with E-state index in [1.807, 2.05) is 20.8 Å². The molecule has 0 fully saturated rings. The van der Waals surface area contributed by atoms with Crippen LogP contribution in [0.25, 0.3) is 5.57 Å². The van der Waals surface area contributed by atoms with Crippen molar-refractivity contribution in [3.63, 3.8) is 0 Å². The van der Waals surface area contributed by atoms with Crippen molar-refractivity contribution in [1.29, 1.82) is 0 Å². The highest BCUT2D eigenvalue weighted by Gasteiger charge is 2.06. The highest BCUT2D eigenvalue weighted by Crippen LogP contribution is 2.25. The van der Waals surface area contributed by atoms with Crippen LogP contribution in [-0.4, -0.2) is 10.1 Å². The van der Waals surface area contributed by atoms with E-state index in [0.29, 0.717) is 5.69 Å². The third-order valence-electron chi connectivity index (χ3n) is 1.98. The number of rotatable bonds is 3. The zero-order chi connectivity index (χ0) is 12.6. The summed E-state index contributed by atoms with van der Waals surface area (Å²) >= 11 is 0. The summed E-state index contributed by atoms with van der Waals surface area (Å²) in [6, 6.07) is 3.28. The molecule has 2 heteroatoms. The molecule has 0 aliphatic heterocycles. The molecular formula is C14H19NO. The summed E-state index contributed by atoms with van der Waals surface area (Å²) in [5.41, 5.74) is 2.28.